The van der Waals surface area contributed by atoms with Crippen molar-refractivity contribution in [2.24, 2.45) is 0 Å². The fourth-order valence-corrected chi connectivity index (χ4v) is 14.3. The smallest absolute Gasteiger partial charge is 0.252 e. The van der Waals surface area contributed by atoms with E-state index in [0.29, 0.717) is 0 Å². The second-order valence-corrected chi connectivity index (χ2v) is 23.1. The third kappa shape index (κ3) is 8.77. The molecule has 0 saturated carbocycles. The van der Waals surface area contributed by atoms with Crippen molar-refractivity contribution < 1.29 is 0 Å². The van der Waals surface area contributed by atoms with Gasteiger partial charge in [-0.2, -0.15) is 0 Å². The van der Waals surface area contributed by atoms with E-state index in [1.165, 1.54) is 76.5 Å². The highest BCUT2D eigenvalue weighted by Gasteiger charge is 2.44. The molecule has 5 heteroatoms. The Bertz CT molecular complexity index is 4800. The molecule has 0 fully saturated rings. The number of hydrogen-bond donors (Lipinski definition) is 0. The van der Waals surface area contributed by atoms with E-state index in [1.807, 2.05) is 0 Å². The predicted octanol–water partition coefficient (Wildman–Crippen LogP) is 21.2. The molecule has 15 aromatic carbocycles. The zero-order valence-electron chi connectivity index (χ0n) is 48.8. The Kier molecular flexibility index (Phi) is 12.6. The Hall–Kier alpha value is -11.7. The van der Waals surface area contributed by atoms with Crippen molar-refractivity contribution in [1.29, 1.82) is 0 Å². The number of hydrogen-bond acceptors (Lipinski definition) is 4. The zero-order valence-corrected chi connectivity index (χ0v) is 48.8. The van der Waals surface area contributed by atoms with Gasteiger partial charge in [-0.1, -0.05) is 237 Å². The van der Waals surface area contributed by atoms with E-state index in [0.717, 1.165) is 73.8 Å². The van der Waals surface area contributed by atoms with E-state index in [9.17, 15) is 0 Å². The maximum Gasteiger partial charge on any atom is 0.252 e. The van der Waals surface area contributed by atoms with E-state index in [-0.39, 0.29) is 6.71 Å². The normalized spacial score (nSPS) is 12.2. The van der Waals surface area contributed by atoms with E-state index < -0.39 is 0 Å². The molecule has 2 aliphatic heterocycles. The van der Waals surface area contributed by atoms with Crippen molar-refractivity contribution in [2.75, 3.05) is 19.6 Å². The lowest BCUT2D eigenvalue weighted by Crippen LogP contribution is -2.61. The molecule has 2 heterocycles. The van der Waals surface area contributed by atoms with Gasteiger partial charge in [0.2, 0.25) is 0 Å². The number of para-hydroxylation sites is 6. The summed E-state index contributed by atoms with van der Waals surface area (Å²) in [5.74, 6) is 0. The minimum atomic E-state index is -0.154. The van der Waals surface area contributed by atoms with Crippen LogP contribution in [0.1, 0.15) is 0 Å². The van der Waals surface area contributed by atoms with Crippen LogP contribution in [0.5, 0.6) is 0 Å². The van der Waals surface area contributed by atoms with Crippen LogP contribution in [-0.2, 0) is 0 Å². The van der Waals surface area contributed by atoms with E-state index in [2.05, 4.69) is 365 Å². The summed E-state index contributed by atoms with van der Waals surface area (Å²) in [6.07, 6.45) is 0. The average molecular weight is 1130 g/mol. The fraction of sp³-hybridized carbons (Fsp3) is 0. The van der Waals surface area contributed by atoms with Crippen LogP contribution in [0, 0.1) is 0 Å². The van der Waals surface area contributed by atoms with Gasteiger partial charge < -0.3 is 19.6 Å². The Balaban J connectivity index is 0.949. The number of benzene rings is 15. The van der Waals surface area contributed by atoms with Crippen LogP contribution in [0.25, 0.3) is 65.7 Å². The average Bonchev–Trinajstić information content (AvgIpc) is 0.775. The van der Waals surface area contributed by atoms with E-state index in [1.54, 1.807) is 0 Å². The molecule has 0 bridgehead atoms. The minimum Gasteiger partial charge on any atom is -0.311 e. The Morgan fingerprint density at radius 1 is 0.236 bits per heavy atom. The molecule has 15 aromatic rings. The van der Waals surface area contributed by atoms with Crippen molar-refractivity contribution in [3.8, 4) is 33.4 Å². The monoisotopic (exact) mass is 1130 g/mol. The summed E-state index contributed by atoms with van der Waals surface area (Å²) < 4.78 is 0. The predicted molar refractivity (Wildman–Crippen MR) is 379 cm³/mol. The quantitative estimate of drug-likeness (QED) is 0.0945. The second-order valence-electron chi connectivity index (χ2n) is 23.1. The molecule has 0 aliphatic carbocycles. The van der Waals surface area contributed by atoms with Crippen molar-refractivity contribution in [3.05, 3.63) is 346 Å². The first kappa shape index (κ1) is 51.7. The number of anilines is 12. The minimum absolute atomic E-state index is 0.154. The standard InChI is InChI=1S/C84H57BN4/c1-7-28-62(29-8-1)86(63-30-9-2-10-31-63)68-50-52-76-78(56-68)88(66-36-15-5-16-37-66)80-54-61(83-74-43-23-21-41-72(74)82(73-42-22-24-44-75(73)83)60-48-46-59(47-49-60)71-45-25-27-58-26-19-20-40-70(58)71)55-81-84(80)85(76)77-53-51-69(57-79(77)89(81)67-38-17-6-18-39-67)87(64-32-11-3-12-33-64)65-34-13-4-14-35-65/h1-57H. The Labute approximate surface area is 519 Å². The SMILES string of the molecule is c1ccc(N(c2ccccc2)c2ccc3c(c2)N(c2ccccc2)c2cc(-c4c5ccccc5c(-c5ccc(-c6cccc7ccccc67)cc5)c5ccccc45)cc4c2B3c2ccc(N(c3ccccc3)c3ccccc3)cc2N4c2ccccc2)cc1. The van der Waals surface area contributed by atoms with Crippen LogP contribution < -0.4 is 36.0 Å². The van der Waals surface area contributed by atoms with E-state index in [4.69, 9.17) is 0 Å². The molecule has 2 aliphatic rings. The number of fused-ring (bicyclic) bond motifs is 7. The van der Waals surface area contributed by atoms with Gasteiger partial charge in [-0.3, -0.25) is 0 Å². The van der Waals surface area contributed by atoms with Gasteiger partial charge in [-0.15, -0.1) is 0 Å². The first-order valence-corrected chi connectivity index (χ1v) is 30.7. The first-order valence-electron chi connectivity index (χ1n) is 30.7. The molecule has 0 saturated heterocycles. The van der Waals surface area contributed by atoms with Crippen LogP contribution >= 0.6 is 0 Å². The highest BCUT2D eigenvalue weighted by atomic mass is 15.2. The van der Waals surface area contributed by atoms with Gasteiger partial charge in [0.25, 0.3) is 6.71 Å². The summed E-state index contributed by atoms with van der Waals surface area (Å²) in [5.41, 5.74) is 24.1. The third-order valence-electron chi connectivity index (χ3n) is 18.1. The fourth-order valence-electron chi connectivity index (χ4n) is 14.3. The molecule has 0 amide bonds. The highest BCUT2D eigenvalue weighted by Crippen LogP contribution is 2.52. The molecular weight excluding hydrogens is 1080 g/mol. The topological polar surface area (TPSA) is 13.0 Å². The molecule has 0 aromatic heterocycles. The van der Waals surface area contributed by atoms with Crippen LogP contribution in [0.2, 0.25) is 0 Å². The first-order chi connectivity index (χ1) is 44.2. The van der Waals surface area contributed by atoms with Crippen molar-refractivity contribution in [1.82, 2.24) is 0 Å². The molecule has 0 atom stereocenters. The van der Waals surface area contributed by atoms with Gasteiger partial charge in [0.1, 0.15) is 0 Å². The lowest BCUT2D eigenvalue weighted by molar-refractivity contribution is 1.23. The summed E-state index contributed by atoms with van der Waals surface area (Å²) in [7, 11) is 0. The van der Waals surface area contributed by atoms with Crippen molar-refractivity contribution >= 4 is 124 Å². The van der Waals surface area contributed by atoms with Crippen molar-refractivity contribution in [3.63, 3.8) is 0 Å². The maximum atomic E-state index is 2.55. The zero-order chi connectivity index (χ0) is 58.8. The van der Waals surface area contributed by atoms with Crippen LogP contribution in [0.15, 0.2) is 346 Å². The van der Waals surface area contributed by atoms with Gasteiger partial charge >= 0.3 is 0 Å². The molecule has 0 radical (unpaired) electrons. The molecule has 0 spiro atoms. The van der Waals surface area contributed by atoms with Gasteiger partial charge in [0.15, 0.2) is 0 Å². The molecule has 0 N–H and O–H groups in total. The van der Waals surface area contributed by atoms with E-state index >= 15 is 0 Å². The highest BCUT2D eigenvalue weighted by molar-refractivity contribution is 7.00. The molecule has 17 rings (SSSR count). The molecule has 0 unspecified atom stereocenters. The van der Waals surface area contributed by atoms with Gasteiger partial charge in [0.05, 0.1) is 0 Å². The Morgan fingerprint density at radius 2 is 0.584 bits per heavy atom. The maximum absolute atomic E-state index is 2.55. The Morgan fingerprint density at radius 3 is 1.01 bits per heavy atom. The van der Waals surface area contributed by atoms with Crippen molar-refractivity contribution in [2.45, 2.75) is 0 Å². The van der Waals surface area contributed by atoms with Gasteiger partial charge in [0, 0.05) is 68.2 Å². The summed E-state index contributed by atoms with van der Waals surface area (Å²) in [5, 5.41) is 7.30. The lowest BCUT2D eigenvalue weighted by Gasteiger charge is -2.45. The summed E-state index contributed by atoms with van der Waals surface area (Å²) in [4.78, 5) is 9.88. The molecule has 89 heavy (non-hydrogen) atoms. The van der Waals surface area contributed by atoms with Crippen LogP contribution in [0.4, 0.5) is 68.2 Å². The summed E-state index contributed by atoms with van der Waals surface area (Å²) in [6.45, 7) is -0.154. The number of rotatable bonds is 11. The number of nitrogens with zero attached hydrogens (tertiary/aromatic N) is 4. The molecule has 4 nitrogen and oxygen atoms in total. The largest absolute Gasteiger partial charge is 0.311 e. The lowest BCUT2D eigenvalue weighted by atomic mass is 9.33. The second kappa shape index (κ2) is 21.7. The summed E-state index contributed by atoms with van der Waals surface area (Å²) >= 11 is 0. The third-order valence-corrected chi connectivity index (χ3v) is 18.1. The molecule has 416 valence electrons. The van der Waals surface area contributed by atoms with Crippen LogP contribution in [0.3, 0.4) is 0 Å². The van der Waals surface area contributed by atoms with Crippen LogP contribution in [-0.4, -0.2) is 6.71 Å². The summed E-state index contributed by atoms with van der Waals surface area (Å²) in [6, 6.07) is 127. The van der Waals surface area contributed by atoms with Gasteiger partial charge in [-0.25, -0.2) is 0 Å². The van der Waals surface area contributed by atoms with Gasteiger partial charge in [-0.05, 0) is 191 Å². The molecular formula is C84H57BN4.